The van der Waals surface area contributed by atoms with E-state index >= 15 is 0 Å². The van der Waals surface area contributed by atoms with Gasteiger partial charge in [-0.1, -0.05) is 19.9 Å². The number of nitrogens with zero attached hydrogens (tertiary/aromatic N) is 1. The Hall–Kier alpha value is -0.770. The van der Waals surface area contributed by atoms with E-state index in [1.54, 1.807) is 6.07 Å². The fourth-order valence-electron chi connectivity index (χ4n) is 1.57. The smallest absolute Gasteiger partial charge is 0.248 e. The molecule has 1 heterocycles. The minimum Gasteiger partial charge on any atom is -0.248 e. The molecule has 1 atom stereocenters. The van der Waals surface area contributed by atoms with Gasteiger partial charge >= 0.3 is 6.18 Å². The van der Waals surface area contributed by atoms with Crippen molar-refractivity contribution < 1.29 is 13.2 Å². The van der Waals surface area contributed by atoms with Gasteiger partial charge in [-0.25, -0.2) is 4.98 Å². The average molecular weight is 266 g/mol. The van der Waals surface area contributed by atoms with Crippen molar-refractivity contribution in [1.82, 2.24) is 4.98 Å². The highest BCUT2D eigenvalue weighted by Gasteiger charge is 2.32. The standard InChI is InChI=1S/C12H15ClF3N/c1-8(2)6-9(13)7-10-4-3-5-11(17-10)12(14,15)16/h3-5,8-9H,6-7H2,1-2H3. The van der Waals surface area contributed by atoms with Crippen LogP contribution in [0.3, 0.4) is 0 Å². The van der Waals surface area contributed by atoms with Crippen molar-refractivity contribution in [1.29, 1.82) is 0 Å². The number of aromatic nitrogens is 1. The van der Waals surface area contributed by atoms with Crippen LogP contribution in [0.5, 0.6) is 0 Å². The fraction of sp³-hybridized carbons (Fsp3) is 0.583. The van der Waals surface area contributed by atoms with Crippen LogP contribution in [-0.4, -0.2) is 10.4 Å². The minimum atomic E-state index is -4.39. The van der Waals surface area contributed by atoms with Crippen molar-refractivity contribution in [3.05, 3.63) is 29.6 Å². The largest absolute Gasteiger partial charge is 0.433 e. The van der Waals surface area contributed by atoms with Gasteiger partial charge in [0, 0.05) is 17.5 Å². The van der Waals surface area contributed by atoms with Gasteiger partial charge in [0.25, 0.3) is 0 Å². The van der Waals surface area contributed by atoms with Crippen LogP contribution in [0.4, 0.5) is 13.2 Å². The molecular weight excluding hydrogens is 251 g/mol. The molecule has 0 saturated heterocycles. The zero-order valence-electron chi connectivity index (χ0n) is 9.76. The highest BCUT2D eigenvalue weighted by Crippen LogP contribution is 2.27. The molecule has 1 aromatic heterocycles. The van der Waals surface area contributed by atoms with Gasteiger partial charge in [-0.05, 0) is 24.5 Å². The molecule has 1 unspecified atom stereocenters. The lowest BCUT2D eigenvalue weighted by Gasteiger charge is -2.12. The Morgan fingerprint density at radius 3 is 2.47 bits per heavy atom. The molecule has 0 spiro atoms. The second-order valence-corrected chi connectivity index (χ2v) is 5.06. The van der Waals surface area contributed by atoms with Crippen LogP contribution >= 0.6 is 11.6 Å². The lowest BCUT2D eigenvalue weighted by molar-refractivity contribution is -0.141. The summed E-state index contributed by atoms with van der Waals surface area (Å²) >= 11 is 6.06. The number of halogens is 4. The molecule has 1 nitrogen and oxygen atoms in total. The van der Waals surface area contributed by atoms with Crippen LogP contribution in [0.15, 0.2) is 18.2 Å². The maximum atomic E-state index is 12.4. The quantitative estimate of drug-likeness (QED) is 0.740. The summed E-state index contributed by atoms with van der Waals surface area (Å²) in [6.45, 7) is 4.05. The van der Waals surface area contributed by atoms with Gasteiger partial charge in [0.2, 0.25) is 0 Å². The molecule has 1 aromatic rings. The van der Waals surface area contributed by atoms with Crippen LogP contribution in [0.1, 0.15) is 31.7 Å². The molecule has 5 heteroatoms. The lowest BCUT2D eigenvalue weighted by atomic mass is 10.0. The summed E-state index contributed by atoms with van der Waals surface area (Å²) in [6, 6.07) is 3.91. The van der Waals surface area contributed by atoms with Gasteiger partial charge in [-0.15, -0.1) is 11.6 Å². The Kier molecular flexibility index (Phi) is 4.80. The number of hydrogen-bond acceptors (Lipinski definition) is 1. The van der Waals surface area contributed by atoms with Crippen LogP contribution in [0.25, 0.3) is 0 Å². The molecule has 17 heavy (non-hydrogen) atoms. The third-order valence-electron chi connectivity index (χ3n) is 2.25. The molecule has 0 aliphatic rings. The van der Waals surface area contributed by atoms with Crippen molar-refractivity contribution in [3.8, 4) is 0 Å². The first-order chi connectivity index (χ1) is 7.79. The molecule has 0 N–H and O–H groups in total. The summed E-state index contributed by atoms with van der Waals surface area (Å²) in [5, 5.41) is -0.175. The Balaban J connectivity index is 2.72. The summed E-state index contributed by atoms with van der Waals surface area (Å²) in [4.78, 5) is 3.58. The van der Waals surface area contributed by atoms with Crippen molar-refractivity contribution >= 4 is 11.6 Å². The Labute approximate surface area is 104 Å². The SMILES string of the molecule is CC(C)CC(Cl)Cc1cccc(C(F)(F)F)n1. The molecule has 0 fully saturated rings. The predicted octanol–water partition coefficient (Wildman–Crippen LogP) is 4.30. The Morgan fingerprint density at radius 2 is 1.94 bits per heavy atom. The van der Waals surface area contributed by atoms with Crippen LogP contribution in [0, 0.1) is 5.92 Å². The number of hydrogen-bond donors (Lipinski definition) is 0. The minimum absolute atomic E-state index is 0.175. The van der Waals surface area contributed by atoms with Crippen molar-refractivity contribution in [2.45, 2.75) is 38.2 Å². The number of alkyl halides is 4. The average Bonchev–Trinajstić information content (AvgIpc) is 2.15. The van der Waals surface area contributed by atoms with Crippen LogP contribution in [0.2, 0.25) is 0 Å². The fourth-order valence-corrected chi connectivity index (χ4v) is 2.09. The van der Waals surface area contributed by atoms with E-state index in [9.17, 15) is 13.2 Å². The first-order valence-electron chi connectivity index (χ1n) is 5.46. The molecule has 0 aromatic carbocycles. The molecule has 0 saturated carbocycles. The molecule has 0 amide bonds. The topological polar surface area (TPSA) is 12.9 Å². The zero-order chi connectivity index (χ0) is 13.1. The maximum Gasteiger partial charge on any atom is 0.433 e. The summed E-state index contributed by atoms with van der Waals surface area (Å²) < 4.78 is 37.3. The monoisotopic (exact) mass is 265 g/mol. The second-order valence-electron chi connectivity index (χ2n) is 4.44. The summed E-state index contributed by atoms with van der Waals surface area (Å²) in [5.74, 6) is 0.420. The van der Waals surface area contributed by atoms with Gasteiger partial charge in [0.05, 0.1) is 0 Å². The van der Waals surface area contributed by atoms with E-state index in [4.69, 9.17) is 11.6 Å². The predicted molar refractivity (Wildman–Crippen MR) is 62.0 cm³/mol. The highest BCUT2D eigenvalue weighted by atomic mass is 35.5. The molecule has 0 radical (unpaired) electrons. The molecule has 96 valence electrons. The van der Waals surface area contributed by atoms with Gasteiger partial charge in [-0.2, -0.15) is 13.2 Å². The van der Waals surface area contributed by atoms with Crippen molar-refractivity contribution in [2.24, 2.45) is 5.92 Å². The third-order valence-corrected chi connectivity index (χ3v) is 2.59. The van der Waals surface area contributed by atoms with Crippen molar-refractivity contribution in [3.63, 3.8) is 0 Å². The Bertz CT molecular complexity index is 363. The molecule has 0 aliphatic carbocycles. The van der Waals surface area contributed by atoms with E-state index in [-0.39, 0.29) is 5.38 Å². The summed E-state index contributed by atoms with van der Waals surface area (Å²) in [7, 11) is 0. The first kappa shape index (κ1) is 14.3. The van der Waals surface area contributed by atoms with Gasteiger partial charge in [0.1, 0.15) is 5.69 Å². The normalized spacial score (nSPS) is 14.1. The van der Waals surface area contributed by atoms with E-state index in [0.717, 1.165) is 12.5 Å². The Morgan fingerprint density at radius 1 is 1.29 bits per heavy atom. The zero-order valence-corrected chi connectivity index (χ0v) is 10.5. The van der Waals surface area contributed by atoms with E-state index in [1.807, 2.05) is 13.8 Å². The molecular formula is C12H15ClF3N. The number of pyridine rings is 1. The lowest BCUT2D eigenvalue weighted by Crippen LogP contribution is -2.12. The van der Waals surface area contributed by atoms with E-state index in [1.165, 1.54) is 6.07 Å². The number of rotatable bonds is 4. The summed E-state index contributed by atoms with van der Waals surface area (Å²) in [5.41, 5.74) is -0.469. The van der Waals surface area contributed by atoms with Gasteiger partial charge in [-0.3, -0.25) is 0 Å². The van der Waals surface area contributed by atoms with E-state index < -0.39 is 11.9 Å². The first-order valence-corrected chi connectivity index (χ1v) is 5.90. The van der Waals surface area contributed by atoms with Crippen molar-refractivity contribution in [2.75, 3.05) is 0 Å². The van der Waals surface area contributed by atoms with Gasteiger partial charge < -0.3 is 0 Å². The van der Waals surface area contributed by atoms with Gasteiger partial charge in [0.15, 0.2) is 0 Å². The van der Waals surface area contributed by atoms with E-state index in [0.29, 0.717) is 18.0 Å². The molecule has 0 aliphatic heterocycles. The van der Waals surface area contributed by atoms with Crippen LogP contribution in [-0.2, 0) is 12.6 Å². The highest BCUT2D eigenvalue weighted by molar-refractivity contribution is 6.20. The summed E-state index contributed by atoms with van der Waals surface area (Å²) in [6.07, 6.45) is -3.26. The second kappa shape index (κ2) is 5.71. The van der Waals surface area contributed by atoms with Crippen LogP contribution < -0.4 is 0 Å². The maximum absolute atomic E-state index is 12.4. The molecule has 0 bridgehead atoms. The molecule has 1 rings (SSSR count). The third kappa shape index (κ3) is 4.94. The van der Waals surface area contributed by atoms with E-state index in [2.05, 4.69) is 4.98 Å².